The Morgan fingerprint density at radius 2 is 1.42 bits per heavy atom. The van der Waals surface area contributed by atoms with Crippen LogP contribution in [0, 0.1) is 0 Å². The summed E-state index contributed by atoms with van der Waals surface area (Å²) in [5, 5.41) is 9.69. The number of carbonyl (C=O) groups is 2. The Bertz CT molecular complexity index is 606. The molecule has 2 rings (SSSR count). The van der Waals surface area contributed by atoms with E-state index in [1.54, 1.807) is 42.5 Å². The minimum Gasteiger partial charge on any atom is -0.289 e. The van der Waals surface area contributed by atoms with Crippen molar-refractivity contribution >= 4 is 11.7 Å². The summed E-state index contributed by atoms with van der Waals surface area (Å²) in [6.45, 7) is 0. The number of hydroxylamine groups is 2. The molecule has 0 aliphatic carbocycles. The fourth-order valence-corrected chi connectivity index (χ4v) is 1.79. The van der Waals surface area contributed by atoms with E-state index in [1.165, 1.54) is 13.1 Å². The summed E-state index contributed by atoms with van der Waals surface area (Å²) in [7, 11) is 1.23. The third-order valence-corrected chi connectivity index (χ3v) is 2.73. The summed E-state index contributed by atoms with van der Waals surface area (Å²) in [6, 6.07) is 15.1. The van der Waals surface area contributed by atoms with Crippen molar-refractivity contribution in [2.24, 2.45) is 0 Å². The highest BCUT2D eigenvalue weighted by Crippen LogP contribution is 2.15. The zero-order valence-corrected chi connectivity index (χ0v) is 10.4. The Morgan fingerprint density at radius 3 is 2.00 bits per heavy atom. The first-order chi connectivity index (χ1) is 9.11. The number of hydrogen-bond acceptors (Lipinski definition) is 3. The van der Waals surface area contributed by atoms with Gasteiger partial charge in [-0.2, -0.15) is 0 Å². The normalized spacial score (nSPS) is 10.0. The van der Waals surface area contributed by atoms with E-state index in [4.69, 9.17) is 0 Å². The molecule has 4 heteroatoms. The minimum atomic E-state index is -0.611. The molecule has 96 valence electrons. The Kier molecular flexibility index (Phi) is 3.73. The SMILES string of the molecule is CN(O)C(=O)c1ccccc1C(=O)c1ccccc1. The lowest BCUT2D eigenvalue weighted by atomic mass is 9.98. The van der Waals surface area contributed by atoms with Crippen LogP contribution < -0.4 is 0 Å². The van der Waals surface area contributed by atoms with Gasteiger partial charge in [0.2, 0.25) is 0 Å². The van der Waals surface area contributed by atoms with Crippen molar-refractivity contribution < 1.29 is 14.8 Å². The zero-order valence-electron chi connectivity index (χ0n) is 10.4. The van der Waals surface area contributed by atoms with Gasteiger partial charge in [-0.05, 0) is 6.07 Å². The molecule has 0 fully saturated rings. The van der Waals surface area contributed by atoms with Crippen molar-refractivity contribution in [2.75, 3.05) is 7.05 Å². The number of benzene rings is 2. The van der Waals surface area contributed by atoms with Gasteiger partial charge in [-0.3, -0.25) is 14.8 Å². The third kappa shape index (κ3) is 2.69. The van der Waals surface area contributed by atoms with Crippen LogP contribution in [0.15, 0.2) is 54.6 Å². The van der Waals surface area contributed by atoms with Gasteiger partial charge in [0.05, 0.1) is 5.56 Å². The topological polar surface area (TPSA) is 57.6 Å². The van der Waals surface area contributed by atoms with E-state index in [1.807, 2.05) is 6.07 Å². The number of hydrogen-bond donors (Lipinski definition) is 1. The van der Waals surface area contributed by atoms with Gasteiger partial charge in [0, 0.05) is 18.2 Å². The predicted octanol–water partition coefficient (Wildman–Crippen LogP) is 2.38. The van der Waals surface area contributed by atoms with Crippen LogP contribution in [-0.4, -0.2) is 29.0 Å². The Morgan fingerprint density at radius 1 is 0.895 bits per heavy atom. The molecule has 2 aromatic carbocycles. The summed E-state index contributed by atoms with van der Waals surface area (Å²) in [5.74, 6) is -0.855. The highest BCUT2D eigenvalue weighted by atomic mass is 16.5. The average Bonchev–Trinajstić information content (AvgIpc) is 2.46. The van der Waals surface area contributed by atoms with Crippen LogP contribution in [0.5, 0.6) is 0 Å². The lowest BCUT2D eigenvalue weighted by Crippen LogP contribution is -2.24. The third-order valence-electron chi connectivity index (χ3n) is 2.73. The van der Waals surface area contributed by atoms with Gasteiger partial charge in [0.15, 0.2) is 5.78 Å². The fourth-order valence-electron chi connectivity index (χ4n) is 1.79. The van der Waals surface area contributed by atoms with E-state index in [2.05, 4.69) is 0 Å². The van der Waals surface area contributed by atoms with E-state index in [-0.39, 0.29) is 16.9 Å². The van der Waals surface area contributed by atoms with E-state index in [0.717, 1.165) is 0 Å². The molecule has 1 amide bonds. The molecule has 0 radical (unpaired) electrons. The van der Waals surface area contributed by atoms with Gasteiger partial charge in [-0.15, -0.1) is 0 Å². The molecule has 0 aliphatic heterocycles. The van der Waals surface area contributed by atoms with Gasteiger partial charge < -0.3 is 0 Å². The van der Waals surface area contributed by atoms with Crippen molar-refractivity contribution in [1.29, 1.82) is 0 Å². The van der Waals surface area contributed by atoms with Gasteiger partial charge >= 0.3 is 0 Å². The highest BCUT2D eigenvalue weighted by molar-refractivity contribution is 6.15. The first-order valence-corrected chi connectivity index (χ1v) is 5.77. The smallest absolute Gasteiger partial charge is 0.277 e. The molecule has 0 bridgehead atoms. The number of amides is 1. The second-order valence-corrected chi connectivity index (χ2v) is 4.07. The summed E-state index contributed by atoms with van der Waals surface area (Å²) >= 11 is 0. The maximum atomic E-state index is 12.3. The molecule has 0 heterocycles. The van der Waals surface area contributed by atoms with E-state index in [0.29, 0.717) is 10.6 Å². The molecular formula is C15H13NO3. The largest absolute Gasteiger partial charge is 0.289 e. The van der Waals surface area contributed by atoms with Gasteiger partial charge in [0.1, 0.15) is 0 Å². The molecule has 1 N–H and O–H groups in total. The Labute approximate surface area is 110 Å². The number of ketones is 1. The molecule has 2 aromatic rings. The van der Waals surface area contributed by atoms with E-state index >= 15 is 0 Å². The average molecular weight is 255 g/mol. The van der Waals surface area contributed by atoms with E-state index < -0.39 is 5.91 Å². The first-order valence-electron chi connectivity index (χ1n) is 5.77. The molecule has 0 unspecified atom stereocenters. The minimum absolute atomic E-state index is 0.182. The standard InChI is InChI=1S/C15H13NO3/c1-16(19)15(18)13-10-6-5-9-12(13)14(17)11-7-3-2-4-8-11/h2-10,19H,1H3. The van der Waals surface area contributed by atoms with E-state index in [9.17, 15) is 14.8 Å². The van der Waals surface area contributed by atoms with Gasteiger partial charge in [0.25, 0.3) is 5.91 Å². The van der Waals surface area contributed by atoms with Crippen LogP contribution in [-0.2, 0) is 0 Å². The van der Waals surface area contributed by atoms with Crippen LogP contribution >= 0.6 is 0 Å². The summed E-state index contributed by atoms with van der Waals surface area (Å²) in [6.07, 6.45) is 0. The van der Waals surface area contributed by atoms with Crippen molar-refractivity contribution in [2.45, 2.75) is 0 Å². The lowest BCUT2D eigenvalue weighted by Gasteiger charge is -2.11. The second-order valence-electron chi connectivity index (χ2n) is 4.07. The molecule has 19 heavy (non-hydrogen) atoms. The second kappa shape index (κ2) is 5.46. The predicted molar refractivity (Wildman–Crippen MR) is 70.2 cm³/mol. The van der Waals surface area contributed by atoms with Gasteiger partial charge in [-0.25, -0.2) is 5.06 Å². The summed E-state index contributed by atoms with van der Waals surface area (Å²) < 4.78 is 0. The molecule has 0 atom stereocenters. The fraction of sp³-hybridized carbons (Fsp3) is 0.0667. The molecule has 0 saturated heterocycles. The van der Waals surface area contributed by atoms with Crippen LogP contribution in [0.1, 0.15) is 26.3 Å². The maximum absolute atomic E-state index is 12.3. The quantitative estimate of drug-likeness (QED) is 0.520. The molecule has 0 aliphatic rings. The van der Waals surface area contributed by atoms with Crippen molar-refractivity contribution in [3.63, 3.8) is 0 Å². The van der Waals surface area contributed by atoms with Crippen LogP contribution in [0.4, 0.5) is 0 Å². The van der Waals surface area contributed by atoms with Crippen LogP contribution in [0.25, 0.3) is 0 Å². The number of carbonyl (C=O) groups excluding carboxylic acids is 2. The van der Waals surface area contributed by atoms with Crippen molar-refractivity contribution in [3.05, 3.63) is 71.3 Å². The highest BCUT2D eigenvalue weighted by Gasteiger charge is 2.19. The summed E-state index contributed by atoms with van der Waals surface area (Å²) in [4.78, 5) is 24.2. The number of nitrogens with zero attached hydrogens (tertiary/aromatic N) is 1. The first kappa shape index (κ1) is 13.0. The van der Waals surface area contributed by atoms with Gasteiger partial charge in [-0.1, -0.05) is 48.5 Å². The lowest BCUT2D eigenvalue weighted by molar-refractivity contribution is -0.0375. The Hall–Kier alpha value is -2.46. The maximum Gasteiger partial charge on any atom is 0.277 e. The Balaban J connectivity index is 2.46. The monoisotopic (exact) mass is 255 g/mol. The van der Waals surface area contributed by atoms with Crippen molar-refractivity contribution in [3.8, 4) is 0 Å². The molecule has 0 spiro atoms. The van der Waals surface area contributed by atoms with Crippen LogP contribution in [0.2, 0.25) is 0 Å². The summed E-state index contributed by atoms with van der Waals surface area (Å²) in [5.41, 5.74) is 0.962. The molecule has 0 aromatic heterocycles. The zero-order chi connectivity index (χ0) is 13.8. The molecular weight excluding hydrogens is 242 g/mol. The number of rotatable bonds is 3. The van der Waals surface area contributed by atoms with Crippen LogP contribution in [0.3, 0.4) is 0 Å². The molecule has 0 saturated carbocycles. The molecule has 4 nitrogen and oxygen atoms in total. The van der Waals surface area contributed by atoms with Crippen molar-refractivity contribution in [1.82, 2.24) is 5.06 Å².